The topological polar surface area (TPSA) is 96.0 Å². The third-order valence-corrected chi connectivity index (χ3v) is 7.41. The number of allylic oxidation sites excluding steroid dienone is 2. The van der Waals surface area contributed by atoms with Crippen LogP contribution >= 0.6 is 0 Å². The number of amides is 3. The maximum absolute atomic E-state index is 14.1. The summed E-state index contributed by atoms with van der Waals surface area (Å²) < 4.78 is 5.23. The molecule has 0 fully saturated rings. The van der Waals surface area contributed by atoms with Crippen molar-refractivity contribution in [2.24, 2.45) is 5.92 Å². The number of Topliss-reactive ketones (excluding diaryl/α,β-unsaturated/α-hetero) is 1. The Labute approximate surface area is 233 Å². The van der Waals surface area contributed by atoms with E-state index in [2.05, 4.69) is 11.4 Å². The van der Waals surface area contributed by atoms with Gasteiger partial charge in [0.15, 0.2) is 0 Å². The van der Waals surface area contributed by atoms with Crippen molar-refractivity contribution in [2.45, 2.75) is 31.8 Å². The lowest BCUT2D eigenvalue weighted by Crippen LogP contribution is -2.54. The Hall–Kier alpha value is -4.72. The molecule has 1 heterocycles. The minimum atomic E-state index is -0.802. The molecule has 1 N–H and O–H groups in total. The molecule has 0 saturated carbocycles. The fourth-order valence-corrected chi connectivity index (χ4v) is 5.36. The van der Waals surface area contributed by atoms with E-state index in [4.69, 9.17) is 4.74 Å². The van der Waals surface area contributed by atoms with Crippen LogP contribution in [0.3, 0.4) is 0 Å². The number of nitrogens with one attached hydrogen (secondary N) is 1. The van der Waals surface area contributed by atoms with Gasteiger partial charge in [-0.1, -0.05) is 54.6 Å². The van der Waals surface area contributed by atoms with Crippen LogP contribution in [0.5, 0.6) is 5.75 Å². The fraction of sp³-hybridized carbons (Fsp3) is 0.250. The maximum Gasteiger partial charge on any atom is 0.299 e. The largest absolute Gasteiger partial charge is 0.497 e. The SMILES string of the molecule is COc1ccc(NC(=O)C(C2CC=CCC2)N(Cc2ccccc2)C(=O)CN2C(=O)C(=O)c3ccccc32)cc1. The van der Waals surface area contributed by atoms with Crippen LogP contribution in [0.2, 0.25) is 0 Å². The summed E-state index contributed by atoms with van der Waals surface area (Å²) in [6.07, 6.45) is 6.31. The van der Waals surface area contributed by atoms with Crippen LogP contribution in [-0.4, -0.2) is 48.1 Å². The Morgan fingerprint density at radius 2 is 1.70 bits per heavy atom. The summed E-state index contributed by atoms with van der Waals surface area (Å²) in [5.74, 6) is -1.56. The number of ketones is 1. The lowest BCUT2D eigenvalue weighted by molar-refractivity contribution is -0.140. The number of carbonyl (C=O) groups is 4. The zero-order chi connectivity index (χ0) is 28.1. The Morgan fingerprint density at radius 3 is 2.40 bits per heavy atom. The number of para-hydroxylation sites is 1. The van der Waals surface area contributed by atoms with E-state index in [1.54, 1.807) is 60.5 Å². The molecule has 8 nitrogen and oxygen atoms in total. The maximum atomic E-state index is 14.1. The summed E-state index contributed by atoms with van der Waals surface area (Å²) in [6.45, 7) is -0.165. The predicted molar refractivity (Wildman–Crippen MR) is 152 cm³/mol. The van der Waals surface area contributed by atoms with Crippen LogP contribution in [0, 0.1) is 5.92 Å². The van der Waals surface area contributed by atoms with Gasteiger partial charge in [-0.05, 0) is 67.1 Å². The summed E-state index contributed by atoms with van der Waals surface area (Å²) in [5.41, 5.74) is 2.13. The van der Waals surface area contributed by atoms with Crippen molar-refractivity contribution in [3.05, 3.63) is 102 Å². The van der Waals surface area contributed by atoms with Crippen molar-refractivity contribution in [3.8, 4) is 5.75 Å². The van der Waals surface area contributed by atoms with Crippen LogP contribution in [0.1, 0.15) is 35.2 Å². The number of carbonyl (C=O) groups excluding carboxylic acids is 4. The molecule has 5 rings (SSSR count). The molecule has 2 aliphatic rings. The van der Waals surface area contributed by atoms with Crippen molar-refractivity contribution < 1.29 is 23.9 Å². The fourth-order valence-electron chi connectivity index (χ4n) is 5.36. The second kappa shape index (κ2) is 12.0. The lowest BCUT2D eigenvalue weighted by Gasteiger charge is -2.37. The van der Waals surface area contributed by atoms with Crippen molar-refractivity contribution in [1.29, 1.82) is 0 Å². The van der Waals surface area contributed by atoms with Crippen LogP contribution in [0.15, 0.2) is 91.0 Å². The molecule has 0 radical (unpaired) electrons. The van der Waals surface area contributed by atoms with Gasteiger partial charge >= 0.3 is 0 Å². The van der Waals surface area contributed by atoms with Gasteiger partial charge in [0.1, 0.15) is 18.3 Å². The first-order valence-corrected chi connectivity index (χ1v) is 13.3. The summed E-state index contributed by atoms with van der Waals surface area (Å²) >= 11 is 0. The van der Waals surface area contributed by atoms with E-state index >= 15 is 0 Å². The Balaban J connectivity index is 1.48. The molecule has 1 aliphatic heterocycles. The highest BCUT2D eigenvalue weighted by Gasteiger charge is 2.41. The van der Waals surface area contributed by atoms with E-state index in [1.807, 2.05) is 36.4 Å². The minimum absolute atomic E-state index is 0.126. The first-order chi connectivity index (χ1) is 19.5. The number of rotatable bonds is 9. The van der Waals surface area contributed by atoms with Crippen molar-refractivity contribution >= 4 is 34.9 Å². The van der Waals surface area contributed by atoms with Crippen molar-refractivity contribution in [2.75, 3.05) is 23.9 Å². The number of anilines is 2. The normalized spacial score (nSPS) is 16.8. The molecular formula is C32H31N3O5. The molecule has 8 heteroatoms. The minimum Gasteiger partial charge on any atom is -0.497 e. The van der Waals surface area contributed by atoms with E-state index < -0.39 is 23.6 Å². The zero-order valence-corrected chi connectivity index (χ0v) is 22.3. The van der Waals surface area contributed by atoms with E-state index in [0.29, 0.717) is 23.5 Å². The van der Waals surface area contributed by atoms with Gasteiger partial charge < -0.3 is 15.0 Å². The second-order valence-corrected chi connectivity index (χ2v) is 9.95. The third-order valence-electron chi connectivity index (χ3n) is 7.41. The first-order valence-electron chi connectivity index (χ1n) is 13.3. The second-order valence-electron chi connectivity index (χ2n) is 9.95. The molecule has 0 spiro atoms. The molecule has 1 aliphatic carbocycles. The number of fused-ring (bicyclic) bond motifs is 1. The number of methoxy groups -OCH3 is 1. The van der Waals surface area contributed by atoms with Gasteiger partial charge in [-0.15, -0.1) is 0 Å². The predicted octanol–water partition coefficient (Wildman–Crippen LogP) is 4.62. The molecular weight excluding hydrogens is 506 g/mol. The molecule has 0 saturated heterocycles. The summed E-state index contributed by atoms with van der Waals surface area (Å²) in [7, 11) is 1.57. The van der Waals surface area contributed by atoms with Gasteiger partial charge in [-0.2, -0.15) is 0 Å². The van der Waals surface area contributed by atoms with Crippen LogP contribution in [0.25, 0.3) is 0 Å². The Bertz CT molecular complexity index is 1430. The summed E-state index contributed by atoms with van der Waals surface area (Å²) in [4.78, 5) is 56.3. The van der Waals surface area contributed by atoms with Gasteiger partial charge in [-0.3, -0.25) is 24.1 Å². The van der Waals surface area contributed by atoms with Gasteiger partial charge in [-0.25, -0.2) is 0 Å². The van der Waals surface area contributed by atoms with Crippen LogP contribution < -0.4 is 15.0 Å². The quantitative estimate of drug-likeness (QED) is 0.318. The molecule has 40 heavy (non-hydrogen) atoms. The number of nitrogens with zero attached hydrogens (tertiary/aromatic N) is 2. The lowest BCUT2D eigenvalue weighted by atomic mass is 9.85. The van der Waals surface area contributed by atoms with Gasteiger partial charge in [0.05, 0.1) is 18.4 Å². The molecule has 204 valence electrons. The number of hydrogen-bond acceptors (Lipinski definition) is 5. The average molecular weight is 538 g/mol. The van der Waals surface area contributed by atoms with Crippen molar-refractivity contribution in [1.82, 2.24) is 4.90 Å². The molecule has 3 aromatic rings. The molecule has 2 atom stereocenters. The first kappa shape index (κ1) is 26.9. The van der Waals surface area contributed by atoms with E-state index in [1.165, 1.54) is 4.90 Å². The zero-order valence-electron chi connectivity index (χ0n) is 22.3. The highest BCUT2D eigenvalue weighted by atomic mass is 16.5. The van der Waals surface area contributed by atoms with Gasteiger partial charge in [0, 0.05) is 12.2 Å². The number of hydrogen-bond donors (Lipinski definition) is 1. The van der Waals surface area contributed by atoms with Crippen LogP contribution in [-0.2, 0) is 20.9 Å². The average Bonchev–Trinajstić information content (AvgIpc) is 3.23. The summed E-state index contributed by atoms with van der Waals surface area (Å²) in [6, 6.07) is 22.3. The molecule has 0 aromatic heterocycles. The molecule has 3 amide bonds. The van der Waals surface area contributed by atoms with E-state index in [-0.39, 0.29) is 30.5 Å². The van der Waals surface area contributed by atoms with Gasteiger partial charge in [0.2, 0.25) is 11.8 Å². The molecule has 2 unspecified atom stereocenters. The number of benzene rings is 3. The standard InChI is InChI=1S/C32H31N3O5/c1-40-25-18-16-24(17-19-25)33-31(38)29(23-12-6-3-7-13-23)35(20-22-10-4-2-5-11-22)28(36)21-34-27-15-9-8-14-26(27)30(37)32(34)39/h2-6,8-11,14-19,23,29H,7,12-13,20-21H2,1H3,(H,33,38). The Morgan fingerprint density at radius 1 is 0.975 bits per heavy atom. The van der Waals surface area contributed by atoms with Gasteiger partial charge in [0.25, 0.3) is 11.7 Å². The van der Waals surface area contributed by atoms with E-state index in [9.17, 15) is 19.2 Å². The smallest absolute Gasteiger partial charge is 0.299 e. The molecule has 3 aromatic carbocycles. The third kappa shape index (κ3) is 5.66. The van der Waals surface area contributed by atoms with Crippen LogP contribution in [0.4, 0.5) is 11.4 Å². The monoisotopic (exact) mass is 537 g/mol. The Kier molecular flexibility index (Phi) is 8.05. The van der Waals surface area contributed by atoms with E-state index in [0.717, 1.165) is 18.4 Å². The van der Waals surface area contributed by atoms with Crippen molar-refractivity contribution in [3.63, 3.8) is 0 Å². The molecule has 0 bridgehead atoms. The summed E-state index contributed by atoms with van der Waals surface area (Å²) in [5, 5.41) is 2.99. The highest BCUT2D eigenvalue weighted by Crippen LogP contribution is 2.31. The highest BCUT2D eigenvalue weighted by molar-refractivity contribution is 6.52. The number of ether oxygens (including phenoxy) is 1.